The molecule has 0 spiro atoms. The number of nitrogens with zero attached hydrogens (tertiary/aromatic N) is 1. The Morgan fingerprint density at radius 2 is 1.89 bits per heavy atom. The first-order chi connectivity index (χ1) is 13.5. The van der Waals surface area contributed by atoms with Crippen LogP contribution in [0.5, 0.6) is 11.5 Å². The lowest BCUT2D eigenvalue weighted by Gasteiger charge is -2.13. The van der Waals surface area contributed by atoms with Crippen molar-refractivity contribution in [3.63, 3.8) is 0 Å². The van der Waals surface area contributed by atoms with Gasteiger partial charge in [-0.15, -0.1) is 0 Å². The summed E-state index contributed by atoms with van der Waals surface area (Å²) in [5.41, 5.74) is 3.24. The van der Waals surface area contributed by atoms with Gasteiger partial charge in [0.2, 0.25) is 5.75 Å². The normalized spacial score (nSPS) is 11.1. The Kier molecular flexibility index (Phi) is 6.01. The molecular weight excluding hydrogens is 361 g/mol. The Morgan fingerprint density at radius 3 is 2.54 bits per heavy atom. The van der Waals surface area contributed by atoms with Crippen LogP contribution in [0.25, 0.3) is 17.0 Å². The highest BCUT2D eigenvalue weighted by atomic mass is 19.1. The van der Waals surface area contributed by atoms with Gasteiger partial charge in [0, 0.05) is 11.6 Å². The van der Waals surface area contributed by atoms with Gasteiger partial charge in [0.15, 0.2) is 11.5 Å². The zero-order valence-corrected chi connectivity index (χ0v) is 15.9. The number of ketones is 1. The molecule has 0 saturated carbocycles. The second-order valence-corrected chi connectivity index (χ2v) is 6.23. The van der Waals surface area contributed by atoms with Crippen molar-refractivity contribution in [3.05, 3.63) is 71.2 Å². The molecule has 2 aromatic carbocycles. The number of rotatable bonds is 7. The summed E-state index contributed by atoms with van der Waals surface area (Å²) in [6, 6.07) is 10.1. The summed E-state index contributed by atoms with van der Waals surface area (Å²) >= 11 is 0. The zero-order chi connectivity index (χ0) is 20.1. The van der Waals surface area contributed by atoms with E-state index in [0.717, 1.165) is 22.1 Å². The molecule has 6 heteroatoms. The van der Waals surface area contributed by atoms with Crippen molar-refractivity contribution in [2.45, 2.75) is 13.3 Å². The molecule has 0 N–H and O–H groups in total. The second-order valence-electron chi connectivity index (χ2n) is 6.23. The van der Waals surface area contributed by atoms with Gasteiger partial charge in [-0.05, 0) is 60.4 Å². The third-order valence-corrected chi connectivity index (χ3v) is 4.18. The van der Waals surface area contributed by atoms with Crippen molar-refractivity contribution in [3.8, 4) is 11.5 Å². The summed E-state index contributed by atoms with van der Waals surface area (Å²) in [5.74, 6) is 0.450. The molecule has 1 aromatic heterocycles. The number of allylic oxidation sites excluding steroid dienone is 1. The molecule has 0 saturated heterocycles. The minimum absolute atomic E-state index is 0.0754. The van der Waals surface area contributed by atoms with Gasteiger partial charge in [-0.25, -0.2) is 4.39 Å². The lowest BCUT2D eigenvalue weighted by Crippen LogP contribution is -1.99. The van der Waals surface area contributed by atoms with Crippen LogP contribution in [0.4, 0.5) is 4.39 Å². The Labute approximate surface area is 162 Å². The van der Waals surface area contributed by atoms with Gasteiger partial charge < -0.3 is 9.62 Å². The van der Waals surface area contributed by atoms with E-state index in [1.165, 1.54) is 39.4 Å². The van der Waals surface area contributed by atoms with Gasteiger partial charge in [-0.2, -0.15) is 4.89 Å². The van der Waals surface area contributed by atoms with E-state index in [2.05, 4.69) is 4.98 Å². The molecule has 28 heavy (non-hydrogen) atoms. The van der Waals surface area contributed by atoms with E-state index in [1.54, 1.807) is 30.5 Å². The monoisotopic (exact) mass is 381 g/mol. The molecule has 0 radical (unpaired) electrons. The number of carbonyl (C=O) groups excluding carboxylic acids is 1. The number of hydrogen-bond acceptors (Lipinski definition) is 5. The summed E-state index contributed by atoms with van der Waals surface area (Å²) in [7, 11) is 2.92. The zero-order valence-electron chi connectivity index (χ0n) is 15.9. The molecule has 0 aliphatic carbocycles. The standard InChI is InChI=1S/C22H20FNO4/c1-14(25)4-7-17-12-20(28-27-3)22(26-2)21-19(17)11-16(13-24-21)10-15-5-8-18(23)9-6-15/h4-9,11-13H,10H2,1-3H3/b7-4+. The maximum absolute atomic E-state index is 13.1. The lowest BCUT2D eigenvalue weighted by molar-refractivity contribution is -0.179. The fraction of sp³-hybridized carbons (Fsp3) is 0.182. The molecule has 0 aliphatic rings. The van der Waals surface area contributed by atoms with Crippen molar-refractivity contribution in [1.29, 1.82) is 0 Å². The van der Waals surface area contributed by atoms with Crippen LogP contribution in [-0.2, 0) is 16.1 Å². The number of aromatic nitrogens is 1. The quantitative estimate of drug-likeness (QED) is 0.342. The molecular formula is C22H20FNO4. The maximum Gasteiger partial charge on any atom is 0.210 e. The van der Waals surface area contributed by atoms with Gasteiger partial charge in [0.1, 0.15) is 11.3 Å². The predicted octanol–water partition coefficient (Wildman–Crippen LogP) is 4.52. The number of ether oxygens (including phenoxy) is 1. The number of benzene rings is 2. The minimum Gasteiger partial charge on any atom is -0.491 e. The Morgan fingerprint density at radius 1 is 1.14 bits per heavy atom. The van der Waals surface area contributed by atoms with Crippen molar-refractivity contribution in [2.24, 2.45) is 0 Å². The van der Waals surface area contributed by atoms with Crippen molar-refractivity contribution in [2.75, 3.05) is 14.2 Å². The highest BCUT2D eigenvalue weighted by Crippen LogP contribution is 2.38. The third kappa shape index (κ3) is 4.35. The van der Waals surface area contributed by atoms with Crippen LogP contribution in [0.2, 0.25) is 0 Å². The molecule has 0 aliphatic heterocycles. The largest absolute Gasteiger partial charge is 0.491 e. The Balaban J connectivity index is 2.13. The molecule has 0 amide bonds. The van der Waals surface area contributed by atoms with E-state index in [-0.39, 0.29) is 11.6 Å². The van der Waals surface area contributed by atoms with Crippen molar-refractivity contribution < 1.29 is 23.7 Å². The molecule has 0 bridgehead atoms. The third-order valence-electron chi connectivity index (χ3n) is 4.18. The van der Waals surface area contributed by atoms with Crippen LogP contribution in [-0.4, -0.2) is 25.0 Å². The van der Waals surface area contributed by atoms with Crippen LogP contribution in [0.1, 0.15) is 23.6 Å². The molecule has 3 aromatic rings. The topological polar surface area (TPSA) is 57.7 Å². The lowest BCUT2D eigenvalue weighted by atomic mass is 10.0. The minimum atomic E-state index is -0.271. The first-order valence-electron chi connectivity index (χ1n) is 8.65. The molecule has 144 valence electrons. The van der Waals surface area contributed by atoms with Gasteiger partial charge in [-0.3, -0.25) is 9.78 Å². The smallest absolute Gasteiger partial charge is 0.210 e. The molecule has 0 fully saturated rings. The van der Waals surface area contributed by atoms with Crippen molar-refractivity contribution >= 4 is 22.8 Å². The molecule has 3 rings (SSSR count). The molecule has 0 atom stereocenters. The first-order valence-corrected chi connectivity index (χ1v) is 8.65. The first kappa shape index (κ1) is 19.5. The second kappa shape index (κ2) is 8.63. The number of hydrogen-bond donors (Lipinski definition) is 0. The van der Waals surface area contributed by atoms with Gasteiger partial charge >= 0.3 is 0 Å². The van der Waals surface area contributed by atoms with Gasteiger partial charge in [0.25, 0.3) is 0 Å². The van der Waals surface area contributed by atoms with E-state index in [4.69, 9.17) is 14.5 Å². The number of carbonyl (C=O) groups is 1. The summed E-state index contributed by atoms with van der Waals surface area (Å²) in [5, 5.41) is 0.803. The SMILES string of the molecule is COOc1cc(/C=C/C(C)=O)c2cc(Cc3ccc(F)cc3)cnc2c1OC. The fourth-order valence-corrected chi connectivity index (χ4v) is 2.94. The number of pyridine rings is 1. The Bertz CT molecular complexity index is 1030. The van der Waals surface area contributed by atoms with Crippen LogP contribution in [0, 0.1) is 5.82 Å². The van der Waals surface area contributed by atoms with E-state index >= 15 is 0 Å². The highest BCUT2D eigenvalue weighted by Gasteiger charge is 2.16. The van der Waals surface area contributed by atoms with Gasteiger partial charge in [0.05, 0.1) is 14.2 Å². The van der Waals surface area contributed by atoms with Gasteiger partial charge in [-0.1, -0.05) is 18.2 Å². The number of halogens is 1. The number of fused-ring (bicyclic) bond motifs is 1. The van der Waals surface area contributed by atoms with Crippen LogP contribution >= 0.6 is 0 Å². The average molecular weight is 381 g/mol. The maximum atomic E-state index is 13.1. The van der Waals surface area contributed by atoms with Crippen LogP contribution < -0.4 is 9.62 Å². The van der Waals surface area contributed by atoms with E-state index < -0.39 is 0 Å². The summed E-state index contributed by atoms with van der Waals surface area (Å²) < 4.78 is 18.6. The van der Waals surface area contributed by atoms with Crippen LogP contribution in [0.3, 0.4) is 0 Å². The Hall–Kier alpha value is -3.25. The van der Waals surface area contributed by atoms with E-state index in [1.807, 2.05) is 6.07 Å². The van der Waals surface area contributed by atoms with E-state index in [9.17, 15) is 9.18 Å². The molecule has 1 heterocycles. The fourth-order valence-electron chi connectivity index (χ4n) is 2.94. The van der Waals surface area contributed by atoms with E-state index in [0.29, 0.717) is 23.4 Å². The summed E-state index contributed by atoms with van der Waals surface area (Å²) in [6.07, 6.45) is 5.52. The van der Waals surface area contributed by atoms with Crippen LogP contribution in [0.15, 0.2) is 48.7 Å². The highest BCUT2D eigenvalue weighted by molar-refractivity contribution is 5.98. The van der Waals surface area contributed by atoms with Crippen molar-refractivity contribution in [1.82, 2.24) is 4.98 Å². The molecule has 0 unspecified atom stereocenters. The molecule has 5 nitrogen and oxygen atoms in total. The summed E-state index contributed by atoms with van der Waals surface area (Å²) in [6.45, 7) is 1.48. The summed E-state index contributed by atoms with van der Waals surface area (Å²) in [4.78, 5) is 25.9. The predicted molar refractivity (Wildman–Crippen MR) is 105 cm³/mol. The average Bonchev–Trinajstić information content (AvgIpc) is 2.68. The number of methoxy groups -OCH3 is 1.